The molecule has 0 radical (unpaired) electrons. The van der Waals surface area contributed by atoms with E-state index in [2.05, 4.69) is 0 Å². The van der Waals surface area contributed by atoms with E-state index in [9.17, 15) is 13.2 Å². The molecule has 0 bridgehead atoms. The monoisotopic (exact) mass is 397 g/mol. The predicted molar refractivity (Wildman–Crippen MR) is 104 cm³/mol. The number of hydrogen-bond donors (Lipinski definition) is 0. The van der Waals surface area contributed by atoms with Gasteiger partial charge in [0.05, 0.1) is 29.1 Å². The van der Waals surface area contributed by atoms with E-state index in [-0.39, 0.29) is 23.5 Å². The van der Waals surface area contributed by atoms with Crippen molar-refractivity contribution in [2.75, 3.05) is 18.1 Å². The van der Waals surface area contributed by atoms with Crippen molar-refractivity contribution in [2.24, 2.45) is 0 Å². The average molecular weight is 398 g/mol. The Hall–Kier alpha value is -1.38. The molecule has 2 heterocycles. The zero-order valence-corrected chi connectivity index (χ0v) is 16.3. The van der Waals surface area contributed by atoms with Crippen LogP contribution in [0.4, 0.5) is 0 Å². The van der Waals surface area contributed by atoms with E-state index in [1.54, 1.807) is 6.08 Å². The number of thiocarbonyl (C=S) groups is 1. The summed E-state index contributed by atoms with van der Waals surface area (Å²) >= 11 is 6.53. The number of ether oxygens (including phenoxy) is 1. The maximum atomic E-state index is 12.7. The highest BCUT2D eigenvalue weighted by molar-refractivity contribution is 8.26. The molecule has 0 aromatic heterocycles. The second kappa shape index (κ2) is 7.47. The summed E-state index contributed by atoms with van der Waals surface area (Å²) < 4.78 is 29.3. The van der Waals surface area contributed by atoms with Crippen molar-refractivity contribution in [1.29, 1.82) is 0 Å². The van der Waals surface area contributed by atoms with E-state index in [0.717, 1.165) is 17.7 Å². The third-order valence-electron chi connectivity index (χ3n) is 4.05. The number of carbonyl (C=O) groups excluding carboxylic acids is 1. The van der Waals surface area contributed by atoms with Crippen LogP contribution in [0.5, 0.6) is 5.75 Å². The summed E-state index contributed by atoms with van der Waals surface area (Å²) in [6, 6.07) is 7.17. The number of rotatable bonds is 5. The summed E-state index contributed by atoms with van der Waals surface area (Å²) in [5.41, 5.74) is 0.878. The molecule has 5 nitrogen and oxygen atoms in total. The Labute approximate surface area is 157 Å². The van der Waals surface area contributed by atoms with Gasteiger partial charge in [0.2, 0.25) is 0 Å². The lowest BCUT2D eigenvalue weighted by molar-refractivity contribution is -0.123. The number of carbonyl (C=O) groups is 1. The number of benzene rings is 1. The maximum absolute atomic E-state index is 12.7. The Kier molecular flexibility index (Phi) is 5.50. The van der Waals surface area contributed by atoms with Crippen molar-refractivity contribution in [3.63, 3.8) is 0 Å². The van der Waals surface area contributed by atoms with E-state index in [4.69, 9.17) is 17.0 Å². The van der Waals surface area contributed by atoms with Crippen LogP contribution in [-0.4, -0.2) is 47.7 Å². The van der Waals surface area contributed by atoms with Crippen LogP contribution in [0.15, 0.2) is 29.2 Å². The lowest BCUT2D eigenvalue weighted by atomic mass is 10.2. The van der Waals surface area contributed by atoms with Gasteiger partial charge in [0.25, 0.3) is 5.91 Å². The van der Waals surface area contributed by atoms with Gasteiger partial charge in [0.15, 0.2) is 9.84 Å². The van der Waals surface area contributed by atoms with Gasteiger partial charge in [-0.15, -0.1) is 0 Å². The molecule has 3 rings (SSSR count). The largest absolute Gasteiger partial charge is 0.494 e. The minimum Gasteiger partial charge on any atom is -0.494 e. The molecule has 1 aromatic carbocycles. The molecule has 0 unspecified atom stereocenters. The first-order valence-electron chi connectivity index (χ1n) is 8.10. The van der Waals surface area contributed by atoms with Gasteiger partial charge in [-0.05, 0) is 36.6 Å². The number of hydrogen-bond acceptors (Lipinski definition) is 6. The molecule has 1 atom stereocenters. The highest BCUT2D eigenvalue weighted by Gasteiger charge is 2.42. The Bertz CT molecular complexity index is 815. The van der Waals surface area contributed by atoms with Gasteiger partial charge in [-0.3, -0.25) is 9.69 Å². The molecule has 2 aliphatic heterocycles. The Morgan fingerprint density at radius 2 is 2.08 bits per heavy atom. The first-order chi connectivity index (χ1) is 11.9. The van der Waals surface area contributed by atoms with Crippen molar-refractivity contribution >= 4 is 50.1 Å². The van der Waals surface area contributed by atoms with Gasteiger partial charge in [-0.1, -0.05) is 43.0 Å². The van der Waals surface area contributed by atoms with Gasteiger partial charge in [-0.25, -0.2) is 8.42 Å². The number of amides is 1. The van der Waals surface area contributed by atoms with Crippen LogP contribution < -0.4 is 4.74 Å². The molecule has 2 aliphatic rings. The smallest absolute Gasteiger partial charge is 0.266 e. The van der Waals surface area contributed by atoms with E-state index >= 15 is 0 Å². The van der Waals surface area contributed by atoms with Gasteiger partial charge in [-0.2, -0.15) is 0 Å². The van der Waals surface area contributed by atoms with Crippen LogP contribution >= 0.6 is 24.0 Å². The van der Waals surface area contributed by atoms with Crippen molar-refractivity contribution < 1.29 is 17.9 Å². The SMILES string of the molecule is CCCOc1ccc(/C=C2/SC(=S)N([C@@H]3CCS(=O)(=O)C3)C2=O)cc1. The standard InChI is InChI=1S/C17H19NO4S3/c1-2-8-22-14-5-3-12(4-6-14)10-15-16(19)18(17(23)24-15)13-7-9-25(20,21)11-13/h3-6,10,13H,2,7-9,11H2,1H3/b15-10+/t13-/m1/s1. The number of thioether (sulfide) groups is 1. The molecular weight excluding hydrogens is 378 g/mol. The van der Waals surface area contributed by atoms with Crippen LogP contribution in [0, 0.1) is 0 Å². The first-order valence-corrected chi connectivity index (χ1v) is 11.1. The van der Waals surface area contributed by atoms with Crippen LogP contribution in [0.25, 0.3) is 6.08 Å². The zero-order valence-electron chi connectivity index (χ0n) is 13.8. The molecule has 0 aliphatic carbocycles. The summed E-state index contributed by atoms with van der Waals surface area (Å²) in [5.74, 6) is 0.703. The minimum absolute atomic E-state index is 0.00379. The lowest BCUT2D eigenvalue weighted by Crippen LogP contribution is -2.39. The number of sulfone groups is 1. The van der Waals surface area contributed by atoms with Crippen LogP contribution in [0.2, 0.25) is 0 Å². The first kappa shape index (κ1) is 18.4. The second-order valence-electron chi connectivity index (χ2n) is 6.03. The molecule has 0 N–H and O–H groups in total. The van der Waals surface area contributed by atoms with Crippen LogP contribution in [-0.2, 0) is 14.6 Å². The molecule has 0 saturated carbocycles. The quantitative estimate of drug-likeness (QED) is 0.562. The van der Waals surface area contributed by atoms with Gasteiger partial charge in [0.1, 0.15) is 10.1 Å². The maximum Gasteiger partial charge on any atom is 0.266 e. The summed E-state index contributed by atoms with van der Waals surface area (Å²) in [7, 11) is -3.06. The fourth-order valence-corrected chi connectivity index (χ4v) is 5.91. The molecule has 2 fully saturated rings. The van der Waals surface area contributed by atoms with Crippen LogP contribution in [0.1, 0.15) is 25.3 Å². The molecule has 1 aromatic rings. The van der Waals surface area contributed by atoms with Crippen molar-refractivity contribution in [1.82, 2.24) is 4.90 Å². The Morgan fingerprint density at radius 1 is 1.36 bits per heavy atom. The second-order valence-corrected chi connectivity index (χ2v) is 9.93. The summed E-state index contributed by atoms with van der Waals surface area (Å²) in [6.07, 6.45) is 3.18. The molecule has 25 heavy (non-hydrogen) atoms. The fraction of sp³-hybridized carbons (Fsp3) is 0.412. The molecule has 2 saturated heterocycles. The van der Waals surface area contributed by atoms with Crippen LogP contribution in [0.3, 0.4) is 0 Å². The van der Waals surface area contributed by atoms with E-state index in [0.29, 0.717) is 22.3 Å². The third kappa shape index (κ3) is 4.24. The third-order valence-corrected chi connectivity index (χ3v) is 7.13. The number of nitrogens with zero attached hydrogens (tertiary/aromatic N) is 1. The molecule has 134 valence electrons. The summed E-state index contributed by atoms with van der Waals surface area (Å²) in [4.78, 5) is 14.6. The lowest BCUT2D eigenvalue weighted by Gasteiger charge is -2.20. The van der Waals surface area contributed by atoms with E-state index < -0.39 is 9.84 Å². The van der Waals surface area contributed by atoms with Crippen molar-refractivity contribution in [3.05, 3.63) is 34.7 Å². The Morgan fingerprint density at radius 3 is 2.68 bits per heavy atom. The highest BCUT2D eigenvalue weighted by atomic mass is 32.2. The fourth-order valence-electron chi connectivity index (χ4n) is 2.81. The van der Waals surface area contributed by atoms with E-state index in [1.165, 1.54) is 16.7 Å². The minimum atomic E-state index is -3.06. The normalized spacial score (nSPS) is 24.3. The van der Waals surface area contributed by atoms with Crippen molar-refractivity contribution in [3.8, 4) is 5.75 Å². The van der Waals surface area contributed by atoms with E-state index in [1.807, 2.05) is 31.2 Å². The Balaban J connectivity index is 1.74. The molecular formula is C17H19NO4S3. The predicted octanol–water partition coefficient (Wildman–Crippen LogP) is 2.86. The average Bonchev–Trinajstić information content (AvgIpc) is 3.05. The van der Waals surface area contributed by atoms with Crippen molar-refractivity contribution in [2.45, 2.75) is 25.8 Å². The highest BCUT2D eigenvalue weighted by Crippen LogP contribution is 2.36. The molecule has 0 spiro atoms. The summed E-state index contributed by atoms with van der Waals surface area (Å²) in [6.45, 7) is 2.72. The van der Waals surface area contributed by atoms with Gasteiger partial charge >= 0.3 is 0 Å². The topological polar surface area (TPSA) is 63.7 Å². The molecule has 8 heteroatoms. The van der Waals surface area contributed by atoms with Gasteiger partial charge in [0, 0.05) is 0 Å². The zero-order chi connectivity index (χ0) is 18.0. The summed E-state index contributed by atoms with van der Waals surface area (Å²) in [5, 5.41) is 0. The molecule has 1 amide bonds. The van der Waals surface area contributed by atoms with Gasteiger partial charge < -0.3 is 4.74 Å².